The van der Waals surface area contributed by atoms with Gasteiger partial charge in [-0.3, -0.25) is 5.32 Å². The average molecular weight is 181 g/mol. The third-order valence-corrected chi connectivity index (χ3v) is 1.73. The highest BCUT2D eigenvalue weighted by atomic mass is 16.5. The number of rotatable bonds is 4. The molecule has 0 aliphatic rings. The zero-order valence-electron chi connectivity index (χ0n) is 7.90. The Kier molecular flexibility index (Phi) is 3.73. The fourth-order valence-corrected chi connectivity index (χ4v) is 1.04. The second-order valence-corrected chi connectivity index (χ2v) is 2.88. The molecule has 1 aromatic rings. The van der Waals surface area contributed by atoms with Gasteiger partial charge in [-0.05, 0) is 26.1 Å². The van der Waals surface area contributed by atoms with Crippen LogP contribution in [-0.4, -0.2) is 24.5 Å². The van der Waals surface area contributed by atoms with Crippen molar-refractivity contribution in [3.63, 3.8) is 0 Å². The zero-order valence-corrected chi connectivity index (χ0v) is 7.90. The summed E-state index contributed by atoms with van der Waals surface area (Å²) in [5.41, 5.74) is 0. The summed E-state index contributed by atoms with van der Waals surface area (Å²) in [6.45, 7) is 1.68. The molecular weight excluding hydrogens is 166 g/mol. The molecule has 0 aliphatic heterocycles. The van der Waals surface area contributed by atoms with E-state index in [1.54, 1.807) is 14.0 Å². The molecular formula is C10H15NO2. The number of aliphatic hydroxyl groups excluding tert-OH is 1. The number of hydrogen-bond acceptors (Lipinski definition) is 3. The summed E-state index contributed by atoms with van der Waals surface area (Å²) in [6.07, 6.45) is -0.896. The molecule has 0 radical (unpaired) electrons. The van der Waals surface area contributed by atoms with Gasteiger partial charge in [0.2, 0.25) is 0 Å². The number of nitrogens with one attached hydrogen (secondary N) is 1. The fraction of sp³-hybridized carbons (Fsp3) is 0.400. The minimum Gasteiger partial charge on any atom is -0.473 e. The van der Waals surface area contributed by atoms with Crippen LogP contribution in [0.15, 0.2) is 30.3 Å². The molecule has 2 unspecified atom stereocenters. The smallest absolute Gasteiger partial charge is 0.175 e. The van der Waals surface area contributed by atoms with E-state index in [4.69, 9.17) is 4.74 Å². The Labute approximate surface area is 78.3 Å². The maximum atomic E-state index is 9.29. The minimum atomic E-state index is -0.537. The summed E-state index contributed by atoms with van der Waals surface area (Å²) in [4.78, 5) is 0. The first kappa shape index (κ1) is 10.0. The molecule has 0 saturated heterocycles. The summed E-state index contributed by atoms with van der Waals surface area (Å²) in [6, 6.07) is 9.41. The van der Waals surface area contributed by atoms with Crippen LogP contribution in [0.5, 0.6) is 5.75 Å². The molecule has 1 aromatic carbocycles. The van der Waals surface area contributed by atoms with Crippen molar-refractivity contribution in [3.8, 4) is 5.75 Å². The van der Waals surface area contributed by atoms with Crippen LogP contribution in [0.4, 0.5) is 0 Å². The lowest BCUT2D eigenvalue weighted by Crippen LogP contribution is -2.40. The Morgan fingerprint density at radius 1 is 1.31 bits per heavy atom. The van der Waals surface area contributed by atoms with Gasteiger partial charge >= 0.3 is 0 Å². The van der Waals surface area contributed by atoms with Crippen molar-refractivity contribution in [2.75, 3.05) is 7.05 Å². The number of para-hydroxylation sites is 1. The Morgan fingerprint density at radius 3 is 2.38 bits per heavy atom. The van der Waals surface area contributed by atoms with E-state index in [9.17, 15) is 5.11 Å². The standard InChI is InChI=1S/C10H15NO2/c1-8(12)10(11-2)13-9-6-4-3-5-7-9/h3-8,10-12H,1-2H3. The van der Waals surface area contributed by atoms with Crippen LogP contribution < -0.4 is 10.1 Å². The lowest BCUT2D eigenvalue weighted by molar-refractivity contribution is 0.0320. The highest BCUT2D eigenvalue weighted by Gasteiger charge is 2.13. The Bertz CT molecular complexity index is 236. The van der Waals surface area contributed by atoms with Crippen LogP contribution in [0.1, 0.15) is 6.92 Å². The van der Waals surface area contributed by atoms with Crippen LogP contribution in [0.3, 0.4) is 0 Å². The normalized spacial score (nSPS) is 15.0. The molecule has 3 heteroatoms. The van der Waals surface area contributed by atoms with Crippen molar-refractivity contribution in [1.82, 2.24) is 5.32 Å². The molecule has 3 nitrogen and oxygen atoms in total. The number of ether oxygens (including phenoxy) is 1. The Balaban J connectivity index is 2.57. The molecule has 2 atom stereocenters. The van der Waals surface area contributed by atoms with Crippen molar-refractivity contribution in [1.29, 1.82) is 0 Å². The first-order valence-electron chi connectivity index (χ1n) is 4.31. The van der Waals surface area contributed by atoms with Gasteiger partial charge in [-0.2, -0.15) is 0 Å². The van der Waals surface area contributed by atoms with Gasteiger partial charge in [-0.25, -0.2) is 0 Å². The van der Waals surface area contributed by atoms with Crippen LogP contribution in [0.2, 0.25) is 0 Å². The summed E-state index contributed by atoms with van der Waals surface area (Å²) in [5, 5.41) is 12.2. The van der Waals surface area contributed by atoms with E-state index in [1.807, 2.05) is 30.3 Å². The highest BCUT2D eigenvalue weighted by Crippen LogP contribution is 2.10. The van der Waals surface area contributed by atoms with Crippen molar-refractivity contribution in [2.24, 2.45) is 0 Å². The summed E-state index contributed by atoms with van der Waals surface area (Å²) in [5.74, 6) is 0.753. The van der Waals surface area contributed by atoms with Gasteiger partial charge < -0.3 is 9.84 Å². The topological polar surface area (TPSA) is 41.5 Å². The molecule has 72 valence electrons. The van der Waals surface area contributed by atoms with Crippen LogP contribution in [0, 0.1) is 0 Å². The predicted molar refractivity (Wildman–Crippen MR) is 51.6 cm³/mol. The van der Waals surface area contributed by atoms with E-state index in [-0.39, 0.29) is 6.23 Å². The zero-order chi connectivity index (χ0) is 9.68. The van der Waals surface area contributed by atoms with Gasteiger partial charge in [-0.1, -0.05) is 18.2 Å². The van der Waals surface area contributed by atoms with Gasteiger partial charge in [0.15, 0.2) is 6.23 Å². The van der Waals surface area contributed by atoms with E-state index in [2.05, 4.69) is 5.32 Å². The first-order chi connectivity index (χ1) is 6.24. The molecule has 0 heterocycles. The molecule has 0 aliphatic carbocycles. The van der Waals surface area contributed by atoms with E-state index >= 15 is 0 Å². The molecule has 0 fully saturated rings. The largest absolute Gasteiger partial charge is 0.473 e. The highest BCUT2D eigenvalue weighted by molar-refractivity contribution is 5.21. The van der Waals surface area contributed by atoms with Crippen molar-refractivity contribution < 1.29 is 9.84 Å². The maximum absolute atomic E-state index is 9.29. The lowest BCUT2D eigenvalue weighted by atomic mass is 10.3. The number of hydrogen-bond donors (Lipinski definition) is 2. The number of likely N-dealkylation sites (N-methyl/N-ethyl adjacent to an activating group) is 1. The van der Waals surface area contributed by atoms with Crippen LogP contribution in [-0.2, 0) is 0 Å². The molecule has 0 bridgehead atoms. The molecule has 0 aromatic heterocycles. The van der Waals surface area contributed by atoms with Gasteiger partial charge in [-0.15, -0.1) is 0 Å². The maximum Gasteiger partial charge on any atom is 0.175 e. The van der Waals surface area contributed by atoms with Gasteiger partial charge in [0.1, 0.15) is 11.9 Å². The molecule has 0 saturated carbocycles. The molecule has 0 amide bonds. The van der Waals surface area contributed by atoms with E-state index < -0.39 is 6.10 Å². The number of aliphatic hydroxyl groups is 1. The van der Waals surface area contributed by atoms with Crippen molar-refractivity contribution >= 4 is 0 Å². The van der Waals surface area contributed by atoms with Gasteiger partial charge in [0.25, 0.3) is 0 Å². The quantitative estimate of drug-likeness (QED) is 0.681. The van der Waals surface area contributed by atoms with Crippen LogP contribution in [0.25, 0.3) is 0 Å². The van der Waals surface area contributed by atoms with Crippen molar-refractivity contribution in [3.05, 3.63) is 30.3 Å². The Morgan fingerprint density at radius 2 is 1.92 bits per heavy atom. The summed E-state index contributed by atoms with van der Waals surface area (Å²) < 4.78 is 5.46. The van der Waals surface area contributed by atoms with E-state index in [0.717, 1.165) is 5.75 Å². The second kappa shape index (κ2) is 4.84. The second-order valence-electron chi connectivity index (χ2n) is 2.88. The lowest BCUT2D eigenvalue weighted by Gasteiger charge is -2.20. The van der Waals surface area contributed by atoms with Gasteiger partial charge in [0, 0.05) is 0 Å². The SMILES string of the molecule is CNC(Oc1ccccc1)C(C)O. The van der Waals surface area contributed by atoms with Crippen LogP contribution >= 0.6 is 0 Å². The minimum absolute atomic E-state index is 0.359. The van der Waals surface area contributed by atoms with E-state index in [0.29, 0.717) is 0 Å². The van der Waals surface area contributed by atoms with E-state index in [1.165, 1.54) is 0 Å². The molecule has 1 rings (SSSR count). The molecule has 2 N–H and O–H groups in total. The third-order valence-electron chi connectivity index (χ3n) is 1.73. The molecule has 0 spiro atoms. The average Bonchev–Trinajstić information content (AvgIpc) is 2.15. The Hall–Kier alpha value is -1.06. The summed E-state index contributed by atoms with van der Waals surface area (Å²) >= 11 is 0. The van der Waals surface area contributed by atoms with Crippen molar-refractivity contribution in [2.45, 2.75) is 19.3 Å². The first-order valence-corrected chi connectivity index (χ1v) is 4.31. The number of benzene rings is 1. The third kappa shape index (κ3) is 3.05. The fourth-order valence-electron chi connectivity index (χ4n) is 1.04. The predicted octanol–water partition coefficient (Wildman–Crippen LogP) is 0.992. The van der Waals surface area contributed by atoms with Gasteiger partial charge in [0.05, 0.1) is 0 Å². The molecule has 13 heavy (non-hydrogen) atoms. The summed E-state index contributed by atoms with van der Waals surface area (Å²) in [7, 11) is 1.75. The monoisotopic (exact) mass is 181 g/mol.